The predicted octanol–water partition coefficient (Wildman–Crippen LogP) is 4.89. The number of amides is 2. The first-order chi connectivity index (χ1) is 15.6. The fourth-order valence-corrected chi connectivity index (χ4v) is 4.87. The summed E-state index contributed by atoms with van der Waals surface area (Å²) in [6, 6.07) is 9.19. The van der Waals surface area contributed by atoms with Crippen LogP contribution >= 0.6 is 23.2 Å². The molecule has 3 aromatic rings. The molecule has 0 radical (unpaired) electrons. The van der Waals surface area contributed by atoms with Gasteiger partial charge in [0.15, 0.2) is 0 Å². The fourth-order valence-electron chi connectivity index (χ4n) is 3.24. The van der Waals surface area contributed by atoms with Crippen molar-refractivity contribution in [3.05, 3.63) is 76.0 Å². The first kappa shape index (κ1) is 23.0. The van der Waals surface area contributed by atoms with Crippen molar-refractivity contribution in [2.24, 2.45) is 0 Å². The van der Waals surface area contributed by atoms with Crippen molar-refractivity contribution in [1.82, 2.24) is 4.98 Å². The van der Waals surface area contributed by atoms with E-state index in [1.807, 2.05) is 0 Å². The van der Waals surface area contributed by atoms with Gasteiger partial charge in [-0.25, -0.2) is 9.11 Å². The largest absolute Gasteiger partial charge is 0.435 e. The summed E-state index contributed by atoms with van der Waals surface area (Å²) in [5.41, 5.74) is 0.0165. The van der Waals surface area contributed by atoms with Crippen molar-refractivity contribution in [1.29, 1.82) is 0 Å². The zero-order valence-corrected chi connectivity index (χ0v) is 18.8. The third-order valence-corrected chi connectivity index (χ3v) is 6.75. The second kappa shape index (κ2) is 8.62. The SMILES string of the molecule is C=S(=O)(Nc1ccc(Cl)c2c1C(=O)N(c1cncc(Cl)c1)C2=O)c1ccc(OC(F)F)cc1. The molecular weight excluding hydrogens is 499 g/mol. The van der Waals surface area contributed by atoms with Gasteiger partial charge in [-0.3, -0.25) is 14.6 Å². The number of carbonyl (C=O) groups is 2. The van der Waals surface area contributed by atoms with Gasteiger partial charge in [0.2, 0.25) is 0 Å². The number of pyridine rings is 1. The second-order valence-electron chi connectivity index (χ2n) is 6.78. The van der Waals surface area contributed by atoms with Gasteiger partial charge in [-0.1, -0.05) is 23.2 Å². The van der Waals surface area contributed by atoms with Gasteiger partial charge in [0.25, 0.3) is 11.8 Å². The molecule has 2 amide bonds. The smallest absolute Gasteiger partial charge is 0.387 e. The molecule has 0 spiro atoms. The van der Waals surface area contributed by atoms with Crippen LogP contribution in [0.5, 0.6) is 5.75 Å². The Morgan fingerprint density at radius 3 is 2.33 bits per heavy atom. The van der Waals surface area contributed by atoms with Gasteiger partial charge in [-0.2, -0.15) is 8.78 Å². The maximum absolute atomic E-state index is 13.3. The average Bonchev–Trinajstić information content (AvgIpc) is 3.01. The minimum Gasteiger partial charge on any atom is -0.435 e. The van der Waals surface area contributed by atoms with E-state index in [-0.39, 0.29) is 43.2 Å². The van der Waals surface area contributed by atoms with Gasteiger partial charge in [0.1, 0.15) is 5.75 Å². The van der Waals surface area contributed by atoms with Crippen LogP contribution in [0.1, 0.15) is 20.7 Å². The van der Waals surface area contributed by atoms with Crippen molar-refractivity contribution < 1.29 is 27.3 Å². The number of fused-ring (bicyclic) bond motifs is 1. The number of alkyl halides is 2. The number of nitrogens with zero attached hydrogens (tertiary/aromatic N) is 2. The maximum atomic E-state index is 13.3. The number of ether oxygens (including phenoxy) is 1. The molecule has 1 unspecified atom stereocenters. The average molecular weight is 512 g/mol. The van der Waals surface area contributed by atoms with E-state index < -0.39 is 28.1 Å². The van der Waals surface area contributed by atoms with Crippen molar-refractivity contribution in [2.45, 2.75) is 11.5 Å². The molecule has 1 atom stereocenters. The van der Waals surface area contributed by atoms with Crippen LogP contribution in [0.3, 0.4) is 0 Å². The molecule has 4 rings (SSSR count). The van der Waals surface area contributed by atoms with Crippen LogP contribution in [0.15, 0.2) is 59.8 Å². The van der Waals surface area contributed by atoms with Crippen molar-refractivity contribution in [3.63, 3.8) is 0 Å². The van der Waals surface area contributed by atoms with Crippen LogP contribution in [-0.2, 0) is 9.71 Å². The van der Waals surface area contributed by atoms with E-state index in [0.29, 0.717) is 0 Å². The standard InChI is InChI=1S/C21H13Cl2F2N3O4S/c1-33(31,14-4-2-13(3-5-14)32-21(24)25)27-16-7-6-15(23)17-18(16)20(30)28(19(17)29)12-8-11(22)9-26-10-12/h2-10,21H,1H2,(H,27,31). The molecule has 1 aromatic heterocycles. The van der Waals surface area contributed by atoms with E-state index in [1.165, 1.54) is 54.9 Å². The van der Waals surface area contributed by atoms with Gasteiger partial charge in [0, 0.05) is 11.1 Å². The van der Waals surface area contributed by atoms with Gasteiger partial charge in [-0.15, -0.1) is 0 Å². The van der Waals surface area contributed by atoms with Gasteiger partial charge >= 0.3 is 6.61 Å². The lowest BCUT2D eigenvalue weighted by Gasteiger charge is -2.16. The molecule has 12 heteroatoms. The molecule has 0 aliphatic carbocycles. The molecule has 0 saturated carbocycles. The van der Waals surface area contributed by atoms with Gasteiger partial charge in [-0.05, 0) is 48.3 Å². The summed E-state index contributed by atoms with van der Waals surface area (Å²) in [7, 11) is -3.27. The first-order valence-corrected chi connectivity index (χ1v) is 11.6. The highest BCUT2D eigenvalue weighted by atomic mass is 35.5. The molecule has 2 heterocycles. The molecule has 170 valence electrons. The van der Waals surface area contributed by atoms with Crippen LogP contribution in [0.2, 0.25) is 10.0 Å². The minimum absolute atomic E-state index is 0.0236. The second-order valence-corrected chi connectivity index (χ2v) is 9.65. The highest BCUT2D eigenvalue weighted by molar-refractivity contribution is 8.01. The fraction of sp³-hybridized carbons (Fsp3) is 0.0476. The highest BCUT2D eigenvalue weighted by Crippen LogP contribution is 2.38. The Kier molecular flexibility index (Phi) is 6.00. The summed E-state index contributed by atoms with van der Waals surface area (Å²) in [4.78, 5) is 31.1. The summed E-state index contributed by atoms with van der Waals surface area (Å²) >= 11 is 12.1. The lowest BCUT2D eigenvalue weighted by atomic mass is 10.1. The number of hydrogen-bond donors (Lipinski definition) is 1. The Bertz CT molecular complexity index is 1380. The number of hydrogen-bond acceptors (Lipinski definition) is 5. The quantitative estimate of drug-likeness (QED) is 0.375. The lowest BCUT2D eigenvalue weighted by molar-refractivity contribution is -0.0498. The van der Waals surface area contributed by atoms with E-state index >= 15 is 0 Å². The molecule has 0 saturated heterocycles. The minimum atomic E-state index is -3.27. The van der Waals surface area contributed by atoms with Crippen LogP contribution < -0.4 is 14.4 Å². The summed E-state index contributed by atoms with van der Waals surface area (Å²) in [6.07, 6.45) is 2.64. The first-order valence-electron chi connectivity index (χ1n) is 9.10. The van der Waals surface area contributed by atoms with Gasteiger partial charge < -0.3 is 9.46 Å². The third kappa shape index (κ3) is 4.37. The lowest BCUT2D eigenvalue weighted by Crippen LogP contribution is -2.29. The van der Waals surface area contributed by atoms with Crippen molar-refractivity contribution in [2.75, 3.05) is 9.62 Å². The topological polar surface area (TPSA) is 88.6 Å². The number of benzene rings is 2. The van der Waals surface area contributed by atoms with E-state index in [9.17, 15) is 22.6 Å². The van der Waals surface area contributed by atoms with E-state index in [2.05, 4.69) is 20.3 Å². The van der Waals surface area contributed by atoms with E-state index in [1.54, 1.807) is 0 Å². The number of aromatic nitrogens is 1. The molecule has 7 nitrogen and oxygen atoms in total. The van der Waals surface area contributed by atoms with Crippen LogP contribution in [-0.4, -0.2) is 33.5 Å². The Hall–Kier alpha value is -3.21. The van der Waals surface area contributed by atoms with Crippen molar-refractivity contribution in [3.8, 4) is 5.75 Å². The number of halogens is 4. The molecule has 1 aliphatic rings. The molecule has 0 bridgehead atoms. The number of imide groups is 1. The van der Waals surface area contributed by atoms with E-state index in [0.717, 1.165) is 4.90 Å². The Labute approximate surface area is 197 Å². The van der Waals surface area contributed by atoms with Crippen molar-refractivity contribution >= 4 is 62.0 Å². The number of nitrogens with one attached hydrogen (secondary N) is 1. The van der Waals surface area contributed by atoms with Crippen LogP contribution in [0.4, 0.5) is 20.2 Å². The van der Waals surface area contributed by atoms with Crippen LogP contribution in [0, 0.1) is 0 Å². The molecular formula is C21H13Cl2F2N3O4S. The molecule has 2 aromatic carbocycles. The maximum Gasteiger partial charge on any atom is 0.387 e. The zero-order chi connectivity index (χ0) is 23.9. The normalized spacial score (nSPS) is 14.9. The Balaban J connectivity index is 1.71. The van der Waals surface area contributed by atoms with Crippen LogP contribution in [0.25, 0.3) is 0 Å². The Morgan fingerprint density at radius 1 is 1.03 bits per heavy atom. The predicted molar refractivity (Wildman–Crippen MR) is 122 cm³/mol. The number of anilines is 2. The monoisotopic (exact) mass is 511 g/mol. The zero-order valence-electron chi connectivity index (χ0n) is 16.4. The summed E-state index contributed by atoms with van der Waals surface area (Å²) in [6.45, 7) is -3.00. The molecule has 0 fully saturated rings. The third-order valence-electron chi connectivity index (χ3n) is 4.64. The number of rotatable bonds is 6. The molecule has 1 aliphatic heterocycles. The summed E-state index contributed by atoms with van der Waals surface area (Å²) in [5.74, 6) is 2.12. The van der Waals surface area contributed by atoms with E-state index in [4.69, 9.17) is 23.2 Å². The Morgan fingerprint density at radius 2 is 1.70 bits per heavy atom. The molecule has 33 heavy (non-hydrogen) atoms. The molecule has 1 N–H and O–H groups in total. The summed E-state index contributed by atoms with van der Waals surface area (Å²) in [5, 5.41) is 0.240. The van der Waals surface area contributed by atoms with Gasteiger partial charge in [0.05, 0.1) is 48.5 Å². The highest BCUT2D eigenvalue weighted by Gasteiger charge is 2.41. The summed E-state index contributed by atoms with van der Waals surface area (Å²) < 4.78 is 45.0. The number of carbonyl (C=O) groups excluding carboxylic acids is 2.